The molecule has 4 aromatic carbocycles. The topological polar surface area (TPSA) is 25.8 Å². The van der Waals surface area contributed by atoms with Gasteiger partial charge in [0.15, 0.2) is 0 Å². The zero-order valence-corrected chi connectivity index (χ0v) is 37.5. The van der Waals surface area contributed by atoms with Crippen molar-refractivity contribution in [3.63, 3.8) is 0 Å². The van der Waals surface area contributed by atoms with Crippen molar-refractivity contribution in [3.8, 4) is 33.6 Å². The molecular formula is C50H54IrN2SSi-2. The third-order valence-corrected chi connectivity index (χ3v) is 13.9. The molecule has 2 nitrogen and oxygen atoms in total. The van der Waals surface area contributed by atoms with E-state index in [-0.39, 0.29) is 26.0 Å². The van der Waals surface area contributed by atoms with Crippen LogP contribution < -0.4 is 5.19 Å². The maximum atomic E-state index is 8.99. The van der Waals surface area contributed by atoms with Crippen LogP contribution in [0.2, 0.25) is 19.6 Å². The van der Waals surface area contributed by atoms with Gasteiger partial charge in [-0.25, -0.2) is 0 Å². The molecule has 0 unspecified atom stereocenters. The second kappa shape index (κ2) is 18.0. The molecule has 1 saturated carbocycles. The van der Waals surface area contributed by atoms with Gasteiger partial charge in [-0.05, 0) is 79.6 Å². The first-order chi connectivity index (χ1) is 26.8. The molecule has 0 N–H and O–H groups in total. The molecule has 0 aliphatic heterocycles. The fourth-order valence-corrected chi connectivity index (χ4v) is 10.3. The Hall–Kier alpha value is -3.73. The summed E-state index contributed by atoms with van der Waals surface area (Å²) in [7, 11) is -1.69. The van der Waals surface area contributed by atoms with Gasteiger partial charge in [0.25, 0.3) is 0 Å². The number of nitrogens with zero attached hydrogens (tertiary/aromatic N) is 2. The van der Waals surface area contributed by atoms with Gasteiger partial charge in [-0.15, -0.1) is 59.7 Å². The molecule has 0 spiro atoms. The fraction of sp³-hybridized carbons (Fsp3) is 0.320. The third-order valence-electron chi connectivity index (χ3n) is 10.7. The Bertz CT molecular complexity index is 2430. The minimum atomic E-state index is -1.69. The molecule has 285 valence electrons. The van der Waals surface area contributed by atoms with E-state index >= 15 is 0 Å². The summed E-state index contributed by atoms with van der Waals surface area (Å²) in [5.41, 5.74) is 9.98. The molecular weight excluding hydrogens is 881 g/mol. The van der Waals surface area contributed by atoms with E-state index in [1.54, 1.807) is 0 Å². The molecule has 3 aromatic heterocycles. The van der Waals surface area contributed by atoms with Crippen LogP contribution in [0.25, 0.3) is 53.8 Å². The largest absolute Gasteiger partial charge is 0.305 e. The van der Waals surface area contributed by atoms with Gasteiger partial charge in [-0.3, -0.25) is 0 Å². The molecule has 1 fully saturated rings. The van der Waals surface area contributed by atoms with Gasteiger partial charge in [0, 0.05) is 39.9 Å². The van der Waals surface area contributed by atoms with Crippen molar-refractivity contribution in [3.05, 3.63) is 138 Å². The minimum absolute atomic E-state index is 0. The molecule has 0 amide bonds. The van der Waals surface area contributed by atoms with Crippen LogP contribution in [-0.4, -0.2) is 18.0 Å². The normalized spacial score (nSPS) is 14.3. The van der Waals surface area contributed by atoms with E-state index < -0.39 is 14.4 Å². The van der Waals surface area contributed by atoms with E-state index in [0.717, 1.165) is 58.9 Å². The first-order valence-electron chi connectivity index (χ1n) is 20.7. The Morgan fingerprint density at radius 3 is 2.20 bits per heavy atom. The Labute approximate surface area is 351 Å². The van der Waals surface area contributed by atoms with Crippen molar-refractivity contribution in [2.45, 2.75) is 97.6 Å². The van der Waals surface area contributed by atoms with Crippen LogP contribution in [0.5, 0.6) is 0 Å². The van der Waals surface area contributed by atoms with Crippen LogP contribution in [-0.2, 0) is 26.5 Å². The molecule has 1 aliphatic carbocycles. The van der Waals surface area contributed by atoms with E-state index in [2.05, 4.69) is 136 Å². The first-order valence-corrected chi connectivity index (χ1v) is 24.0. The van der Waals surface area contributed by atoms with Gasteiger partial charge in [-0.1, -0.05) is 144 Å². The second-order valence-electron chi connectivity index (χ2n) is 16.4. The van der Waals surface area contributed by atoms with Crippen molar-refractivity contribution in [1.29, 1.82) is 0 Å². The standard InChI is InChI=1S/C29H26NS.C21H28NSi.Ir/c1-18(2)21-12-13-30-27(16-21)22-10-11-24-26-15-23(20-8-6-5-7-9-20)14-25(19(3)4)29(26)31-28(24)17-22;1-23(2,3)21-16-22-20(18-12-8-5-9-13-18)15-19(21)14-17-10-6-4-7-11-17;/h5-9,11-19H,1-4H3;5,8-9,12,15-17H,4,6-7,10-11,14H2,1-3H3;/q2*-1;/i;14D2;. The maximum absolute atomic E-state index is 8.99. The van der Waals surface area contributed by atoms with Crippen molar-refractivity contribution in [1.82, 2.24) is 9.97 Å². The van der Waals surface area contributed by atoms with Crippen LogP contribution in [0.3, 0.4) is 0 Å². The Kier molecular flexibility index (Phi) is 12.5. The van der Waals surface area contributed by atoms with Crippen LogP contribution in [0.15, 0.2) is 109 Å². The first kappa shape index (κ1) is 38.2. The molecule has 55 heavy (non-hydrogen) atoms. The summed E-state index contributed by atoms with van der Waals surface area (Å²) in [5.74, 6) is 1.07. The Morgan fingerprint density at radius 2 is 1.51 bits per heavy atom. The summed E-state index contributed by atoms with van der Waals surface area (Å²) in [6.45, 7) is 15.8. The van der Waals surface area contributed by atoms with Crippen molar-refractivity contribution in [2.24, 2.45) is 5.92 Å². The number of hydrogen-bond acceptors (Lipinski definition) is 3. The second-order valence-corrected chi connectivity index (χ2v) is 22.5. The third kappa shape index (κ3) is 9.63. The average Bonchev–Trinajstić information content (AvgIpc) is 3.59. The monoisotopic (exact) mass is 937 g/mol. The Balaban J connectivity index is 0.000000194. The predicted octanol–water partition coefficient (Wildman–Crippen LogP) is 14.0. The molecule has 8 rings (SSSR count). The number of pyridine rings is 2. The number of aromatic nitrogens is 2. The predicted molar refractivity (Wildman–Crippen MR) is 237 cm³/mol. The number of rotatable bonds is 8. The number of thiophene rings is 1. The van der Waals surface area contributed by atoms with E-state index in [1.165, 1.54) is 48.8 Å². The van der Waals surface area contributed by atoms with Gasteiger partial charge in [-0.2, -0.15) is 11.3 Å². The van der Waals surface area contributed by atoms with Crippen molar-refractivity contribution >= 4 is 44.8 Å². The van der Waals surface area contributed by atoms with Crippen LogP contribution in [0, 0.1) is 18.1 Å². The van der Waals surface area contributed by atoms with Crippen LogP contribution in [0.4, 0.5) is 0 Å². The molecule has 0 bridgehead atoms. The molecule has 0 saturated heterocycles. The fourth-order valence-electron chi connectivity index (χ4n) is 7.51. The van der Waals surface area contributed by atoms with Crippen molar-refractivity contribution < 1.29 is 22.8 Å². The minimum Gasteiger partial charge on any atom is -0.305 e. The summed E-state index contributed by atoms with van der Waals surface area (Å²) in [6, 6.07) is 40.7. The van der Waals surface area contributed by atoms with Gasteiger partial charge in [0.05, 0.1) is 8.07 Å². The summed E-state index contributed by atoms with van der Waals surface area (Å²) >= 11 is 1.89. The summed E-state index contributed by atoms with van der Waals surface area (Å²) in [6.07, 6.45) is 8.10. The van der Waals surface area contributed by atoms with E-state index in [9.17, 15) is 0 Å². The SMILES string of the molecule is CC(C)c1ccnc(-c2[c-]cc3c(c2)sc2c(C(C)C)cc(-c4ccccc4)cc23)c1.[2H]C([2H])(c1cc(-c2[c-]cccc2)ncc1[Si](C)(C)C)C1CCCCC1.[Ir]. The van der Waals surface area contributed by atoms with Gasteiger partial charge in [0.1, 0.15) is 0 Å². The molecule has 7 aromatic rings. The van der Waals surface area contributed by atoms with Gasteiger partial charge in [0.2, 0.25) is 0 Å². The van der Waals surface area contributed by atoms with Crippen LogP contribution >= 0.6 is 11.3 Å². The summed E-state index contributed by atoms with van der Waals surface area (Å²) in [4.78, 5) is 9.30. The molecule has 1 aliphatic rings. The zero-order chi connectivity index (χ0) is 39.6. The molecule has 3 heterocycles. The van der Waals surface area contributed by atoms with E-state index in [4.69, 9.17) is 2.74 Å². The van der Waals surface area contributed by atoms with Gasteiger partial charge >= 0.3 is 0 Å². The molecule has 5 heteroatoms. The van der Waals surface area contributed by atoms with Crippen LogP contribution in [0.1, 0.15) is 91.1 Å². The zero-order valence-electron chi connectivity index (χ0n) is 35.3. The van der Waals surface area contributed by atoms with E-state index in [1.807, 2.05) is 54.1 Å². The quantitative estimate of drug-likeness (QED) is 0.112. The molecule has 0 atom stereocenters. The van der Waals surface area contributed by atoms with Crippen molar-refractivity contribution in [2.75, 3.05) is 0 Å². The maximum Gasteiger partial charge on any atom is 0.0798 e. The van der Waals surface area contributed by atoms with Gasteiger partial charge < -0.3 is 9.97 Å². The van der Waals surface area contributed by atoms with E-state index in [0.29, 0.717) is 11.8 Å². The smallest absolute Gasteiger partial charge is 0.0798 e. The summed E-state index contributed by atoms with van der Waals surface area (Å²) in [5, 5.41) is 3.77. The summed E-state index contributed by atoms with van der Waals surface area (Å²) < 4.78 is 20.7. The average molecular weight is 937 g/mol. The molecule has 1 radical (unpaired) electrons. The Morgan fingerprint density at radius 1 is 0.764 bits per heavy atom. The number of hydrogen-bond donors (Lipinski definition) is 0. The number of benzene rings is 4. The number of fused-ring (bicyclic) bond motifs is 3.